The summed E-state index contributed by atoms with van der Waals surface area (Å²) in [6, 6.07) is 12.7. The number of carboxylic acids is 1. The summed E-state index contributed by atoms with van der Waals surface area (Å²) in [5.41, 5.74) is 2.15. The molecule has 0 saturated carbocycles. The highest BCUT2D eigenvalue weighted by atomic mass is 16.4. The Hall–Kier alpha value is -2.69. The van der Waals surface area contributed by atoms with E-state index in [1.807, 2.05) is 30.3 Å². The van der Waals surface area contributed by atoms with Crippen LogP contribution in [0.5, 0.6) is 0 Å². The Labute approximate surface area is 102 Å². The second-order valence-electron chi connectivity index (χ2n) is 3.80. The van der Waals surface area contributed by atoms with Crippen molar-refractivity contribution in [1.29, 1.82) is 0 Å². The number of aromatic carboxylic acids is 1. The highest BCUT2D eigenvalue weighted by molar-refractivity contribution is 5.87. The van der Waals surface area contributed by atoms with Gasteiger partial charge in [-0.3, -0.25) is 0 Å². The van der Waals surface area contributed by atoms with E-state index in [-0.39, 0.29) is 5.69 Å². The zero-order valence-corrected chi connectivity index (χ0v) is 9.32. The molecule has 0 amide bonds. The molecule has 0 atom stereocenters. The number of benzene rings is 1. The SMILES string of the molecule is O=C(O)c1cc(-c2ccccc2)n2nccc2n1. The molecular weight excluding hydrogens is 230 g/mol. The van der Waals surface area contributed by atoms with Gasteiger partial charge in [0.15, 0.2) is 11.3 Å². The topological polar surface area (TPSA) is 67.5 Å². The lowest BCUT2D eigenvalue weighted by molar-refractivity contribution is 0.0690. The molecule has 5 heteroatoms. The van der Waals surface area contributed by atoms with Gasteiger partial charge in [-0.1, -0.05) is 30.3 Å². The second-order valence-corrected chi connectivity index (χ2v) is 3.80. The first-order valence-corrected chi connectivity index (χ1v) is 5.39. The van der Waals surface area contributed by atoms with E-state index in [1.165, 1.54) is 6.07 Å². The highest BCUT2D eigenvalue weighted by Gasteiger charge is 2.12. The lowest BCUT2D eigenvalue weighted by atomic mass is 10.1. The third-order valence-electron chi connectivity index (χ3n) is 2.65. The first-order valence-electron chi connectivity index (χ1n) is 5.39. The molecule has 2 aromatic heterocycles. The van der Waals surface area contributed by atoms with Gasteiger partial charge in [0.2, 0.25) is 0 Å². The summed E-state index contributed by atoms with van der Waals surface area (Å²) in [4.78, 5) is 15.1. The zero-order chi connectivity index (χ0) is 12.5. The predicted octanol–water partition coefficient (Wildman–Crippen LogP) is 2.09. The normalized spacial score (nSPS) is 10.7. The average Bonchev–Trinajstić information content (AvgIpc) is 2.86. The summed E-state index contributed by atoms with van der Waals surface area (Å²) >= 11 is 0. The molecule has 0 aliphatic carbocycles. The van der Waals surface area contributed by atoms with Crippen molar-refractivity contribution in [1.82, 2.24) is 14.6 Å². The van der Waals surface area contributed by atoms with Crippen LogP contribution in [0.1, 0.15) is 10.5 Å². The van der Waals surface area contributed by atoms with Gasteiger partial charge in [-0.15, -0.1) is 0 Å². The number of carboxylic acid groups (broad SMARTS) is 1. The maximum atomic E-state index is 11.1. The van der Waals surface area contributed by atoms with Crippen molar-refractivity contribution >= 4 is 11.6 Å². The monoisotopic (exact) mass is 239 g/mol. The van der Waals surface area contributed by atoms with Crippen molar-refractivity contribution in [3.63, 3.8) is 0 Å². The predicted molar refractivity (Wildman–Crippen MR) is 65.4 cm³/mol. The van der Waals surface area contributed by atoms with Gasteiger partial charge in [0.05, 0.1) is 11.9 Å². The van der Waals surface area contributed by atoms with Crippen LogP contribution in [0.3, 0.4) is 0 Å². The summed E-state index contributed by atoms with van der Waals surface area (Å²) in [5, 5.41) is 13.2. The van der Waals surface area contributed by atoms with Gasteiger partial charge in [0.25, 0.3) is 0 Å². The zero-order valence-electron chi connectivity index (χ0n) is 9.32. The molecule has 0 aliphatic rings. The molecule has 0 spiro atoms. The molecule has 0 bridgehead atoms. The van der Waals surface area contributed by atoms with E-state index < -0.39 is 5.97 Å². The molecule has 18 heavy (non-hydrogen) atoms. The standard InChI is InChI=1S/C13H9N3O2/c17-13(18)10-8-11(9-4-2-1-3-5-9)16-12(15-10)6-7-14-16/h1-8H,(H,17,18). The summed E-state index contributed by atoms with van der Waals surface area (Å²) in [6.45, 7) is 0. The van der Waals surface area contributed by atoms with Crippen molar-refractivity contribution in [2.24, 2.45) is 0 Å². The summed E-state index contributed by atoms with van der Waals surface area (Å²) in [7, 11) is 0. The Morgan fingerprint density at radius 2 is 1.94 bits per heavy atom. The van der Waals surface area contributed by atoms with Gasteiger partial charge in [0.1, 0.15) is 0 Å². The molecule has 88 valence electrons. The Kier molecular flexibility index (Phi) is 2.30. The van der Waals surface area contributed by atoms with E-state index in [0.29, 0.717) is 11.3 Å². The minimum atomic E-state index is -1.05. The van der Waals surface area contributed by atoms with Crippen molar-refractivity contribution in [3.8, 4) is 11.3 Å². The van der Waals surface area contributed by atoms with Crippen molar-refractivity contribution in [2.75, 3.05) is 0 Å². The molecule has 5 nitrogen and oxygen atoms in total. The fraction of sp³-hybridized carbons (Fsp3) is 0. The first kappa shape index (κ1) is 10.5. The Balaban J connectivity index is 2.33. The van der Waals surface area contributed by atoms with Crippen LogP contribution in [0.4, 0.5) is 0 Å². The minimum absolute atomic E-state index is 0.0156. The van der Waals surface area contributed by atoms with E-state index in [1.54, 1.807) is 16.8 Å². The van der Waals surface area contributed by atoms with Gasteiger partial charge < -0.3 is 5.11 Å². The van der Waals surface area contributed by atoms with Gasteiger partial charge in [-0.05, 0) is 6.07 Å². The molecule has 0 fully saturated rings. The number of carbonyl (C=O) groups is 1. The molecule has 0 radical (unpaired) electrons. The number of rotatable bonds is 2. The highest BCUT2D eigenvalue weighted by Crippen LogP contribution is 2.20. The Morgan fingerprint density at radius 3 is 2.67 bits per heavy atom. The molecular formula is C13H9N3O2. The fourth-order valence-corrected chi connectivity index (χ4v) is 1.84. The lowest BCUT2D eigenvalue weighted by Crippen LogP contribution is -2.05. The molecule has 3 aromatic rings. The third-order valence-corrected chi connectivity index (χ3v) is 2.65. The van der Waals surface area contributed by atoms with Crippen LogP contribution in [0.2, 0.25) is 0 Å². The summed E-state index contributed by atoms with van der Waals surface area (Å²) < 4.78 is 1.63. The molecule has 1 N–H and O–H groups in total. The van der Waals surface area contributed by atoms with Crippen molar-refractivity contribution in [2.45, 2.75) is 0 Å². The molecule has 0 saturated heterocycles. The molecule has 1 aromatic carbocycles. The van der Waals surface area contributed by atoms with Crippen LogP contribution in [-0.2, 0) is 0 Å². The maximum Gasteiger partial charge on any atom is 0.354 e. The second kappa shape index (κ2) is 3.96. The largest absolute Gasteiger partial charge is 0.477 e. The first-order chi connectivity index (χ1) is 8.75. The molecule has 0 aliphatic heterocycles. The average molecular weight is 239 g/mol. The number of hydrogen-bond donors (Lipinski definition) is 1. The van der Waals surface area contributed by atoms with E-state index in [4.69, 9.17) is 5.11 Å². The molecule has 0 unspecified atom stereocenters. The smallest absolute Gasteiger partial charge is 0.354 e. The van der Waals surface area contributed by atoms with E-state index in [2.05, 4.69) is 10.1 Å². The van der Waals surface area contributed by atoms with Gasteiger partial charge in [0, 0.05) is 11.6 Å². The Morgan fingerprint density at radius 1 is 1.17 bits per heavy atom. The van der Waals surface area contributed by atoms with Crippen molar-refractivity contribution in [3.05, 3.63) is 54.4 Å². The van der Waals surface area contributed by atoms with Crippen LogP contribution >= 0.6 is 0 Å². The van der Waals surface area contributed by atoms with Crippen LogP contribution in [-0.4, -0.2) is 25.7 Å². The van der Waals surface area contributed by atoms with Gasteiger partial charge in [-0.2, -0.15) is 5.10 Å². The summed E-state index contributed by atoms with van der Waals surface area (Å²) in [6.07, 6.45) is 1.60. The molecule has 3 rings (SSSR count). The van der Waals surface area contributed by atoms with Crippen molar-refractivity contribution < 1.29 is 9.90 Å². The van der Waals surface area contributed by atoms with Crippen LogP contribution in [0.15, 0.2) is 48.7 Å². The van der Waals surface area contributed by atoms with Crippen LogP contribution in [0, 0.1) is 0 Å². The maximum absolute atomic E-state index is 11.1. The Bertz CT molecular complexity index is 719. The summed E-state index contributed by atoms with van der Waals surface area (Å²) in [5.74, 6) is -1.05. The number of nitrogens with zero attached hydrogens (tertiary/aromatic N) is 3. The molecule has 2 heterocycles. The van der Waals surface area contributed by atoms with Crippen LogP contribution < -0.4 is 0 Å². The number of aromatic nitrogens is 3. The minimum Gasteiger partial charge on any atom is -0.477 e. The van der Waals surface area contributed by atoms with Crippen LogP contribution in [0.25, 0.3) is 16.9 Å². The fourth-order valence-electron chi connectivity index (χ4n) is 1.84. The lowest BCUT2D eigenvalue weighted by Gasteiger charge is -2.06. The third kappa shape index (κ3) is 1.62. The number of fused-ring (bicyclic) bond motifs is 1. The van der Waals surface area contributed by atoms with Gasteiger partial charge >= 0.3 is 5.97 Å². The van der Waals surface area contributed by atoms with E-state index >= 15 is 0 Å². The quantitative estimate of drug-likeness (QED) is 0.743. The number of hydrogen-bond acceptors (Lipinski definition) is 3. The van der Waals surface area contributed by atoms with E-state index in [9.17, 15) is 4.79 Å². The van der Waals surface area contributed by atoms with Gasteiger partial charge in [-0.25, -0.2) is 14.3 Å². The van der Waals surface area contributed by atoms with E-state index in [0.717, 1.165) is 5.56 Å².